The molecule has 0 aliphatic carbocycles. The number of nitrogens with one attached hydrogen (secondary N) is 1. The summed E-state index contributed by atoms with van der Waals surface area (Å²) in [5.74, 6) is -1.41. The van der Waals surface area contributed by atoms with E-state index in [0.29, 0.717) is 11.3 Å². The highest BCUT2D eigenvalue weighted by atomic mass is 16.4. The van der Waals surface area contributed by atoms with E-state index in [1.54, 1.807) is 17.9 Å². The molecular formula is C13H14N4O3. The first-order chi connectivity index (χ1) is 9.47. The highest BCUT2D eigenvalue weighted by Gasteiger charge is 2.17. The van der Waals surface area contributed by atoms with E-state index in [1.165, 1.54) is 30.5 Å². The Morgan fingerprint density at radius 1 is 1.35 bits per heavy atom. The van der Waals surface area contributed by atoms with Gasteiger partial charge in [-0.15, -0.1) is 0 Å². The monoisotopic (exact) mass is 274 g/mol. The van der Waals surface area contributed by atoms with Crippen LogP contribution in [0.15, 0.2) is 36.7 Å². The third-order valence-corrected chi connectivity index (χ3v) is 2.77. The number of amides is 1. The first-order valence-electron chi connectivity index (χ1n) is 5.85. The summed E-state index contributed by atoms with van der Waals surface area (Å²) in [6, 6.07) is 5.01. The van der Waals surface area contributed by atoms with E-state index in [4.69, 9.17) is 10.8 Å². The minimum absolute atomic E-state index is 0.152. The van der Waals surface area contributed by atoms with E-state index < -0.39 is 12.0 Å². The van der Waals surface area contributed by atoms with Crippen molar-refractivity contribution in [2.75, 3.05) is 5.32 Å². The van der Waals surface area contributed by atoms with Gasteiger partial charge < -0.3 is 16.2 Å². The Bertz CT molecular complexity index is 633. The predicted molar refractivity (Wildman–Crippen MR) is 72.2 cm³/mol. The lowest BCUT2D eigenvalue weighted by atomic mass is 10.1. The standard InChI is InChI=1S/C13H14N4O3/c1-17-7-9(6-15-17)11(14)12(18)16-10-4-2-8(3-5-10)13(19)20/h2-7,11H,14H2,1H3,(H,16,18)(H,19,20). The van der Waals surface area contributed by atoms with Crippen molar-refractivity contribution >= 4 is 17.6 Å². The molecule has 0 bridgehead atoms. The molecule has 0 aliphatic heterocycles. The van der Waals surface area contributed by atoms with Crippen LogP contribution in [-0.2, 0) is 11.8 Å². The zero-order chi connectivity index (χ0) is 14.7. The molecule has 0 saturated heterocycles. The Hall–Kier alpha value is -2.67. The lowest BCUT2D eigenvalue weighted by Crippen LogP contribution is -2.27. The minimum atomic E-state index is -1.02. The molecule has 0 fully saturated rings. The molecule has 2 aromatic rings. The molecule has 7 nitrogen and oxygen atoms in total. The summed E-state index contributed by atoms with van der Waals surface area (Å²) in [7, 11) is 1.73. The summed E-state index contributed by atoms with van der Waals surface area (Å²) in [6.45, 7) is 0. The van der Waals surface area contributed by atoms with Gasteiger partial charge in [-0.3, -0.25) is 9.48 Å². The second-order valence-corrected chi connectivity index (χ2v) is 4.30. The van der Waals surface area contributed by atoms with Crippen LogP contribution in [0.2, 0.25) is 0 Å². The fourth-order valence-corrected chi connectivity index (χ4v) is 1.67. The molecule has 20 heavy (non-hydrogen) atoms. The highest BCUT2D eigenvalue weighted by molar-refractivity contribution is 5.96. The fourth-order valence-electron chi connectivity index (χ4n) is 1.67. The number of carbonyl (C=O) groups excluding carboxylic acids is 1. The first kappa shape index (κ1) is 13.8. The van der Waals surface area contributed by atoms with Crippen molar-refractivity contribution in [3.8, 4) is 0 Å². The van der Waals surface area contributed by atoms with Crippen LogP contribution in [0.1, 0.15) is 22.0 Å². The van der Waals surface area contributed by atoms with Crippen LogP contribution in [0, 0.1) is 0 Å². The van der Waals surface area contributed by atoms with E-state index in [2.05, 4.69) is 10.4 Å². The summed E-state index contributed by atoms with van der Waals surface area (Å²) >= 11 is 0. The Morgan fingerprint density at radius 2 is 2.00 bits per heavy atom. The largest absolute Gasteiger partial charge is 0.478 e. The molecule has 2 rings (SSSR count). The van der Waals surface area contributed by atoms with Crippen LogP contribution in [0.4, 0.5) is 5.69 Å². The molecule has 0 aliphatic rings. The van der Waals surface area contributed by atoms with Crippen molar-refractivity contribution in [3.63, 3.8) is 0 Å². The highest BCUT2D eigenvalue weighted by Crippen LogP contribution is 2.14. The van der Waals surface area contributed by atoms with Gasteiger partial charge in [-0.05, 0) is 24.3 Å². The van der Waals surface area contributed by atoms with Crippen LogP contribution in [-0.4, -0.2) is 26.8 Å². The fraction of sp³-hybridized carbons (Fsp3) is 0.154. The SMILES string of the molecule is Cn1cc(C(N)C(=O)Nc2ccc(C(=O)O)cc2)cn1. The maximum atomic E-state index is 12.0. The van der Waals surface area contributed by atoms with E-state index in [0.717, 1.165) is 0 Å². The molecule has 1 unspecified atom stereocenters. The van der Waals surface area contributed by atoms with E-state index in [-0.39, 0.29) is 11.5 Å². The molecule has 104 valence electrons. The zero-order valence-electron chi connectivity index (χ0n) is 10.8. The molecular weight excluding hydrogens is 260 g/mol. The second-order valence-electron chi connectivity index (χ2n) is 4.30. The number of hydrogen-bond acceptors (Lipinski definition) is 4. The van der Waals surface area contributed by atoms with Crippen LogP contribution in [0.25, 0.3) is 0 Å². The maximum Gasteiger partial charge on any atom is 0.335 e. The van der Waals surface area contributed by atoms with E-state index in [9.17, 15) is 9.59 Å². The average molecular weight is 274 g/mol. The smallest absolute Gasteiger partial charge is 0.335 e. The number of aryl methyl sites for hydroxylation is 1. The zero-order valence-corrected chi connectivity index (χ0v) is 10.8. The number of carboxylic acid groups (broad SMARTS) is 1. The number of anilines is 1. The second kappa shape index (κ2) is 5.54. The lowest BCUT2D eigenvalue weighted by Gasteiger charge is -2.10. The normalized spacial score (nSPS) is 11.9. The van der Waals surface area contributed by atoms with Crippen LogP contribution in [0.3, 0.4) is 0 Å². The van der Waals surface area contributed by atoms with Gasteiger partial charge >= 0.3 is 5.97 Å². The van der Waals surface area contributed by atoms with Crippen molar-refractivity contribution in [1.82, 2.24) is 9.78 Å². The van der Waals surface area contributed by atoms with Crippen molar-refractivity contribution < 1.29 is 14.7 Å². The molecule has 7 heteroatoms. The van der Waals surface area contributed by atoms with Gasteiger partial charge in [0.05, 0.1) is 11.8 Å². The number of carboxylic acids is 1. The van der Waals surface area contributed by atoms with Gasteiger partial charge in [0.25, 0.3) is 0 Å². The van der Waals surface area contributed by atoms with Crippen LogP contribution >= 0.6 is 0 Å². The Morgan fingerprint density at radius 3 is 2.50 bits per heavy atom. The molecule has 0 radical (unpaired) electrons. The summed E-state index contributed by atoms with van der Waals surface area (Å²) in [5, 5.41) is 15.4. The van der Waals surface area contributed by atoms with E-state index in [1.807, 2.05) is 0 Å². The quantitative estimate of drug-likeness (QED) is 0.762. The summed E-state index contributed by atoms with van der Waals surface area (Å²) in [5.41, 5.74) is 7.06. The predicted octanol–water partition coefficient (Wildman–Crippen LogP) is 0.757. The van der Waals surface area contributed by atoms with Crippen molar-refractivity contribution in [2.45, 2.75) is 6.04 Å². The first-order valence-corrected chi connectivity index (χ1v) is 5.85. The molecule has 1 aromatic heterocycles. The van der Waals surface area contributed by atoms with Gasteiger partial charge in [-0.2, -0.15) is 5.10 Å². The topological polar surface area (TPSA) is 110 Å². The molecule has 4 N–H and O–H groups in total. The number of hydrogen-bond donors (Lipinski definition) is 3. The summed E-state index contributed by atoms with van der Waals surface area (Å²) < 4.78 is 1.56. The lowest BCUT2D eigenvalue weighted by molar-refractivity contribution is -0.117. The Balaban J connectivity index is 2.05. The van der Waals surface area contributed by atoms with E-state index >= 15 is 0 Å². The van der Waals surface area contributed by atoms with Gasteiger partial charge in [-0.25, -0.2) is 4.79 Å². The molecule has 0 spiro atoms. The minimum Gasteiger partial charge on any atom is -0.478 e. The third kappa shape index (κ3) is 3.01. The van der Waals surface area contributed by atoms with Gasteiger partial charge in [0.2, 0.25) is 5.91 Å². The van der Waals surface area contributed by atoms with Gasteiger partial charge in [0.1, 0.15) is 6.04 Å². The maximum absolute atomic E-state index is 12.0. The number of benzene rings is 1. The third-order valence-electron chi connectivity index (χ3n) is 2.77. The van der Waals surface area contributed by atoms with Crippen LogP contribution in [0.5, 0.6) is 0 Å². The molecule has 1 heterocycles. The van der Waals surface area contributed by atoms with Crippen molar-refractivity contribution in [1.29, 1.82) is 0 Å². The molecule has 1 aromatic carbocycles. The number of carbonyl (C=O) groups is 2. The average Bonchev–Trinajstić information content (AvgIpc) is 2.85. The van der Waals surface area contributed by atoms with Gasteiger partial charge in [0, 0.05) is 24.5 Å². The van der Waals surface area contributed by atoms with Crippen LogP contribution < -0.4 is 11.1 Å². The number of aromatic nitrogens is 2. The number of nitrogens with two attached hydrogens (primary N) is 1. The molecule has 1 atom stereocenters. The number of nitrogens with zero attached hydrogens (tertiary/aromatic N) is 2. The van der Waals surface area contributed by atoms with Crippen molar-refractivity contribution in [3.05, 3.63) is 47.8 Å². The van der Waals surface area contributed by atoms with Gasteiger partial charge in [0.15, 0.2) is 0 Å². The van der Waals surface area contributed by atoms with Gasteiger partial charge in [-0.1, -0.05) is 0 Å². The number of aromatic carboxylic acids is 1. The molecule has 0 saturated carbocycles. The Labute approximate surface area is 115 Å². The summed E-state index contributed by atoms with van der Waals surface area (Å²) in [4.78, 5) is 22.7. The summed E-state index contributed by atoms with van der Waals surface area (Å²) in [6.07, 6.45) is 3.19. The van der Waals surface area contributed by atoms with Crippen molar-refractivity contribution in [2.24, 2.45) is 12.8 Å². The molecule has 1 amide bonds. The number of rotatable bonds is 4. The Kier molecular flexibility index (Phi) is 3.81.